The van der Waals surface area contributed by atoms with E-state index in [9.17, 15) is 0 Å². The third-order valence-corrected chi connectivity index (χ3v) is 4.07. The van der Waals surface area contributed by atoms with Gasteiger partial charge in [0.15, 0.2) is 5.96 Å². The van der Waals surface area contributed by atoms with Crippen molar-refractivity contribution in [1.29, 1.82) is 0 Å². The third-order valence-electron chi connectivity index (χ3n) is 4.07. The number of hydrogen-bond donors (Lipinski definition) is 1. The Morgan fingerprint density at radius 3 is 2.83 bits per heavy atom. The Balaban J connectivity index is 2.02. The molecular formula is C18H29N3O2. The first-order chi connectivity index (χ1) is 11.2. The van der Waals surface area contributed by atoms with Gasteiger partial charge in [-0.15, -0.1) is 0 Å². The lowest BCUT2D eigenvalue weighted by atomic mass is 10.1. The van der Waals surface area contributed by atoms with Gasteiger partial charge in [0.25, 0.3) is 0 Å². The van der Waals surface area contributed by atoms with Crippen LogP contribution in [0.4, 0.5) is 0 Å². The van der Waals surface area contributed by atoms with E-state index in [4.69, 9.17) is 14.5 Å². The maximum atomic E-state index is 5.47. The SMILES string of the molecule is CCNC(=NCc1ccccc1COC)N(C)CC1CCOC1. The lowest BCUT2D eigenvalue weighted by Gasteiger charge is -2.24. The van der Waals surface area contributed by atoms with Crippen molar-refractivity contribution in [3.63, 3.8) is 0 Å². The Hall–Kier alpha value is -1.59. The molecule has 0 bridgehead atoms. The summed E-state index contributed by atoms with van der Waals surface area (Å²) in [7, 11) is 3.82. The van der Waals surface area contributed by atoms with Gasteiger partial charge in [0, 0.05) is 39.8 Å². The van der Waals surface area contributed by atoms with Crippen molar-refractivity contribution in [3.8, 4) is 0 Å². The molecule has 0 amide bonds. The first kappa shape index (κ1) is 17.8. The van der Waals surface area contributed by atoms with Crippen LogP contribution in [0.1, 0.15) is 24.5 Å². The van der Waals surface area contributed by atoms with Crippen molar-refractivity contribution in [1.82, 2.24) is 10.2 Å². The lowest BCUT2D eigenvalue weighted by molar-refractivity contribution is 0.181. The largest absolute Gasteiger partial charge is 0.381 e. The van der Waals surface area contributed by atoms with Crippen LogP contribution in [0.5, 0.6) is 0 Å². The molecular weight excluding hydrogens is 290 g/mol. The molecule has 1 aliphatic heterocycles. The van der Waals surface area contributed by atoms with E-state index >= 15 is 0 Å². The van der Waals surface area contributed by atoms with Crippen LogP contribution in [0.15, 0.2) is 29.3 Å². The molecule has 1 saturated heterocycles. The maximum absolute atomic E-state index is 5.47. The van der Waals surface area contributed by atoms with Gasteiger partial charge in [0.05, 0.1) is 19.8 Å². The fourth-order valence-electron chi connectivity index (χ4n) is 2.84. The zero-order valence-corrected chi connectivity index (χ0v) is 14.5. The van der Waals surface area contributed by atoms with E-state index in [-0.39, 0.29) is 0 Å². The average Bonchev–Trinajstić information content (AvgIpc) is 3.06. The van der Waals surface area contributed by atoms with Gasteiger partial charge in [-0.2, -0.15) is 0 Å². The molecule has 23 heavy (non-hydrogen) atoms. The molecule has 0 saturated carbocycles. The van der Waals surface area contributed by atoms with Crippen LogP contribution < -0.4 is 5.32 Å². The summed E-state index contributed by atoms with van der Waals surface area (Å²) in [6, 6.07) is 8.31. The first-order valence-electron chi connectivity index (χ1n) is 8.37. The van der Waals surface area contributed by atoms with Gasteiger partial charge >= 0.3 is 0 Å². The first-order valence-corrected chi connectivity index (χ1v) is 8.37. The maximum Gasteiger partial charge on any atom is 0.193 e. The fourth-order valence-corrected chi connectivity index (χ4v) is 2.84. The Kier molecular flexibility index (Phi) is 7.36. The number of ether oxygens (including phenoxy) is 2. The molecule has 1 atom stereocenters. The second kappa shape index (κ2) is 9.53. The highest BCUT2D eigenvalue weighted by atomic mass is 16.5. The number of aliphatic imine (C=N–C) groups is 1. The molecule has 128 valence electrons. The molecule has 1 unspecified atom stereocenters. The number of methoxy groups -OCH3 is 1. The van der Waals surface area contributed by atoms with E-state index in [1.807, 2.05) is 6.07 Å². The third kappa shape index (κ3) is 5.52. The van der Waals surface area contributed by atoms with Crippen molar-refractivity contribution in [2.45, 2.75) is 26.5 Å². The number of guanidine groups is 1. The van der Waals surface area contributed by atoms with Crippen LogP contribution in [0, 0.1) is 5.92 Å². The number of hydrogen-bond acceptors (Lipinski definition) is 3. The van der Waals surface area contributed by atoms with Gasteiger partial charge in [0.2, 0.25) is 0 Å². The predicted molar refractivity (Wildman–Crippen MR) is 93.5 cm³/mol. The number of nitrogens with zero attached hydrogens (tertiary/aromatic N) is 2. The zero-order valence-electron chi connectivity index (χ0n) is 14.5. The van der Waals surface area contributed by atoms with Crippen LogP contribution >= 0.6 is 0 Å². The standard InChI is InChI=1S/C18H29N3O2/c1-4-19-18(21(2)12-15-9-10-23-13-15)20-11-16-7-5-6-8-17(16)14-22-3/h5-8,15H,4,9-14H2,1-3H3,(H,19,20). The van der Waals surface area contributed by atoms with Crippen LogP contribution in [-0.4, -0.2) is 51.3 Å². The van der Waals surface area contributed by atoms with Crippen LogP contribution in [0.2, 0.25) is 0 Å². The molecule has 1 fully saturated rings. The van der Waals surface area contributed by atoms with Gasteiger partial charge in [-0.25, -0.2) is 4.99 Å². The summed E-state index contributed by atoms with van der Waals surface area (Å²) in [5, 5.41) is 3.38. The van der Waals surface area contributed by atoms with E-state index < -0.39 is 0 Å². The second-order valence-corrected chi connectivity index (χ2v) is 5.98. The van der Waals surface area contributed by atoms with E-state index in [1.54, 1.807) is 7.11 Å². The van der Waals surface area contributed by atoms with Gasteiger partial charge in [0.1, 0.15) is 0 Å². The van der Waals surface area contributed by atoms with Crippen molar-refractivity contribution >= 4 is 5.96 Å². The molecule has 0 aliphatic carbocycles. The molecule has 1 aromatic rings. The topological polar surface area (TPSA) is 46.1 Å². The van der Waals surface area contributed by atoms with E-state index in [1.165, 1.54) is 11.1 Å². The molecule has 1 aromatic carbocycles. The number of benzene rings is 1. The molecule has 1 N–H and O–H groups in total. The summed E-state index contributed by atoms with van der Waals surface area (Å²) >= 11 is 0. The minimum absolute atomic E-state index is 0.602. The normalized spacial score (nSPS) is 18.2. The summed E-state index contributed by atoms with van der Waals surface area (Å²) in [6.45, 7) is 6.97. The second-order valence-electron chi connectivity index (χ2n) is 5.98. The minimum Gasteiger partial charge on any atom is -0.381 e. The van der Waals surface area contributed by atoms with Crippen LogP contribution in [-0.2, 0) is 22.6 Å². The molecule has 1 aliphatic rings. The molecule has 0 spiro atoms. The van der Waals surface area contributed by atoms with Crippen molar-refractivity contribution in [2.75, 3.05) is 40.5 Å². The monoisotopic (exact) mass is 319 g/mol. The van der Waals surface area contributed by atoms with Crippen LogP contribution in [0.25, 0.3) is 0 Å². The molecule has 5 nitrogen and oxygen atoms in total. The van der Waals surface area contributed by atoms with E-state index in [2.05, 4.69) is 42.4 Å². The predicted octanol–water partition coefficient (Wildman–Crippen LogP) is 2.27. The quantitative estimate of drug-likeness (QED) is 0.618. The Bertz CT molecular complexity index is 499. The Labute approximate surface area is 139 Å². The zero-order chi connectivity index (χ0) is 16.5. The lowest BCUT2D eigenvalue weighted by Crippen LogP contribution is -2.41. The summed E-state index contributed by atoms with van der Waals surface area (Å²) in [4.78, 5) is 7.01. The number of nitrogens with one attached hydrogen (secondary N) is 1. The highest BCUT2D eigenvalue weighted by Gasteiger charge is 2.19. The summed E-state index contributed by atoms with van der Waals surface area (Å²) in [5.41, 5.74) is 2.41. The Morgan fingerprint density at radius 1 is 1.39 bits per heavy atom. The average molecular weight is 319 g/mol. The fraction of sp³-hybridized carbons (Fsp3) is 0.611. The summed E-state index contributed by atoms with van der Waals surface area (Å²) < 4.78 is 10.7. The Morgan fingerprint density at radius 2 is 2.17 bits per heavy atom. The van der Waals surface area contributed by atoms with Gasteiger partial charge in [-0.05, 0) is 24.5 Å². The smallest absolute Gasteiger partial charge is 0.193 e. The molecule has 0 aromatic heterocycles. The van der Waals surface area contributed by atoms with Crippen molar-refractivity contribution < 1.29 is 9.47 Å². The van der Waals surface area contributed by atoms with Crippen molar-refractivity contribution in [3.05, 3.63) is 35.4 Å². The summed E-state index contributed by atoms with van der Waals surface area (Å²) in [6.07, 6.45) is 1.14. The van der Waals surface area contributed by atoms with Crippen molar-refractivity contribution in [2.24, 2.45) is 10.9 Å². The van der Waals surface area contributed by atoms with E-state index in [0.717, 1.165) is 38.7 Å². The van der Waals surface area contributed by atoms with Crippen LogP contribution in [0.3, 0.4) is 0 Å². The minimum atomic E-state index is 0.602. The highest BCUT2D eigenvalue weighted by Crippen LogP contribution is 2.14. The van der Waals surface area contributed by atoms with Gasteiger partial charge < -0.3 is 19.7 Å². The molecule has 5 heteroatoms. The highest BCUT2D eigenvalue weighted by molar-refractivity contribution is 5.79. The van der Waals surface area contributed by atoms with Gasteiger partial charge in [-0.3, -0.25) is 0 Å². The van der Waals surface area contributed by atoms with E-state index in [0.29, 0.717) is 19.1 Å². The number of rotatable bonds is 7. The molecule has 0 radical (unpaired) electrons. The summed E-state index contributed by atoms with van der Waals surface area (Å²) in [5.74, 6) is 1.55. The van der Waals surface area contributed by atoms with Gasteiger partial charge in [-0.1, -0.05) is 24.3 Å². The molecule has 2 rings (SSSR count). The molecule has 1 heterocycles.